The molecule has 1 aromatic rings. The Hall–Kier alpha value is -2.37. The predicted octanol–water partition coefficient (Wildman–Crippen LogP) is 1.18. The number of carbonyl (C=O) groups excluding carboxylic acids is 1. The predicted molar refractivity (Wildman–Crippen MR) is 59.6 cm³/mol. The highest BCUT2D eigenvalue weighted by atomic mass is 19.1. The molecule has 1 rings (SSSR count). The third kappa shape index (κ3) is 5.31. The van der Waals surface area contributed by atoms with Gasteiger partial charge in [0, 0.05) is 6.20 Å². The highest BCUT2D eigenvalue weighted by Gasteiger charge is 1.99. The van der Waals surface area contributed by atoms with E-state index in [1.807, 2.05) is 0 Å². The van der Waals surface area contributed by atoms with E-state index >= 15 is 0 Å². The van der Waals surface area contributed by atoms with E-state index in [1.54, 1.807) is 12.1 Å². The number of nitrogens with one attached hydrogen (secondary N) is 2. The molecule has 5 nitrogen and oxygen atoms in total. The number of hydrogen-bond acceptors (Lipinski definition) is 2. The molecule has 0 atom stereocenters. The molecule has 0 unspecified atom stereocenters. The summed E-state index contributed by atoms with van der Waals surface area (Å²) in [5.74, 6) is -1.50. The number of benzene rings is 1. The van der Waals surface area contributed by atoms with E-state index in [4.69, 9.17) is 5.11 Å². The fourth-order valence-electron chi connectivity index (χ4n) is 1.03. The van der Waals surface area contributed by atoms with Gasteiger partial charge < -0.3 is 15.7 Å². The summed E-state index contributed by atoms with van der Waals surface area (Å²) < 4.78 is 12.8. The van der Waals surface area contributed by atoms with Gasteiger partial charge in [0.05, 0.1) is 0 Å². The fraction of sp³-hybridized carbons (Fsp3) is 0.0909. The minimum absolute atomic E-state index is 0.373. The van der Waals surface area contributed by atoms with Crippen molar-refractivity contribution in [3.63, 3.8) is 0 Å². The first-order chi connectivity index (χ1) is 8.08. The van der Waals surface area contributed by atoms with Gasteiger partial charge >= 0.3 is 12.0 Å². The van der Waals surface area contributed by atoms with Gasteiger partial charge in [0.25, 0.3) is 0 Å². The summed E-state index contributed by atoms with van der Waals surface area (Å²) in [6.45, 7) is -0.459. The molecule has 0 saturated heterocycles. The maximum atomic E-state index is 12.8. The van der Waals surface area contributed by atoms with Gasteiger partial charge in [0.2, 0.25) is 0 Å². The first-order valence-corrected chi connectivity index (χ1v) is 4.76. The number of aliphatic carboxylic acids is 1. The lowest BCUT2D eigenvalue weighted by atomic mass is 10.2. The highest BCUT2D eigenvalue weighted by molar-refractivity contribution is 5.80. The van der Waals surface area contributed by atoms with Crippen molar-refractivity contribution in [1.29, 1.82) is 0 Å². The zero-order valence-electron chi connectivity index (χ0n) is 8.81. The number of hydrogen-bond donors (Lipinski definition) is 3. The van der Waals surface area contributed by atoms with Gasteiger partial charge in [-0.2, -0.15) is 0 Å². The number of urea groups is 1. The van der Waals surface area contributed by atoms with Crippen LogP contribution in [0, 0.1) is 5.82 Å². The van der Waals surface area contributed by atoms with E-state index in [1.165, 1.54) is 24.4 Å². The van der Waals surface area contributed by atoms with E-state index < -0.39 is 18.5 Å². The van der Waals surface area contributed by atoms with Crippen molar-refractivity contribution in [1.82, 2.24) is 10.6 Å². The maximum absolute atomic E-state index is 12.8. The zero-order valence-corrected chi connectivity index (χ0v) is 8.81. The third-order valence-electron chi connectivity index (χ3n) is 1.74. The largest absolute Gasteiger partial charge is 0.480 e. The van der Waals surface area contributed by atoms with Crippen molar-refractivity contribution in [3.05, 3.63) is 41.8 Å². The minimum atomic E-state index is -1.13. The number of carboxylic acid groups (broad SMARTS) is 1. The van der Waals surface area contributed by atoms with Crippen LogP contribution in [0.1, 0.15) is 5.56 Å². The molecule has 3 N–H and O–H groups in total. The molecule has 17 heavy (non-hydrogen) atoms. The van der Waals surface area contributed by atoms with Crippen LogP contribution in [0.4, 0.5) is 9.18 Å². The molecule has 0 fully saturated rings. The quantitative estimate of drug-likeness (QED) is 0.737. The van der Waals surface area contributed by atoms with Crippen LogP contribution in [-0.4, -0.2) is 23.7 Å². The molecule has 1 aromatic carbocycles. The second-order valence-electron chi connectivity index (χ2n) is 3.11. The summed E-state index contributed by atoms with van der Waals surface area (Å²) in [7, 11) is 0. The average Bonchev–Trinajstić information content (AvgIpc) is 2.26. The van der Waals surface area contributed by atoms with Gasteiger partial charge in [0.1, 0.15) is 12.4 Å². The zero-order chi connectivity index (χ0) is 12.7. The van der Waals surface area contributed by atoms with Crippen molar-refractivity contribution in [2.45, 2.75) is 0 Å². The van der Waals surface area contributed by atoms with Crippen molar-refractivity contribution in [2.24, 2.45) is 0 Å². The smallest absolute Gasteiger partial charge is 0.323 e. The molecule has 0 heterocycles. The standard InChI is InChI=1S/C11H11FN2O3/c12-9-3-1-2-8(6-9)4-5-13-11(17)14-7-10(15)16/h1-6H,7H2,(H,15,16)(H2,13,14,17)/b5-4+. The Morgan fingerprint density at radius 1 is 1.41 bits per heavy atom. The minimum Gasteiger partial charge on any atom is -0.480 e. The molecule has 0 aromatic heterocycles. The number of halogens is 1. The molecule has 0 aliphatic rings. The van der Waals surface area contributed by atoms with Crippen LogP contribution in [-0.2, 0) is 4.79 Å². The van der Waals surface area contributed by atoms with Crippen LogP contribution in [0.5, 0.6) is 0 Å². The first-order valence-electron chi connectivity index (χ1n) is 4.76. The fourth-order valence-corrected chi connectivity index (χ4v) is 1.03. The Kier molecular flexibility index (Phi) is 4.68. The number of rotatable bonds is 4. The van der Waals surface area contributed by atoms with E-state index in [9.17, 15) is 14.0 Å². The molecule has 2 amide bonds. The molecular formula is C11H11FN2O3. The second-order valence-corrected chi connectivity index (χ2v) is 3.11. The van der Waals surface area contributed by atoms with Crippen LogP contribution in [0.3, 0.4) is 0 Å². The van der Waals surface area contributed by atoms with Crippen molar-refractivity contribution in [3.8, 4) is 0 Å². The van der Waals surface area contributed by atoms with Crippen LogP contribution in [0.25, 0.3) is 6.08 Å². The maximum Gasteiger partial charge on any atom is 0.323 e. The van der Waals surface area contributed by atoms with E-state index in [0.717, 1.165) is 0 Å². The van der Waals surface area contributed by atoms with Gasteiger partial charge in [-0.3, -0.25) is 4.79 Å². The summed E-state index contributed by atoms with van der Waals surface area (Å²) in [6.07, 6.45) is 2.79. The molecule has 6 heteroatoms. The topological polar surface area (TPSA) is 78.4 Å². The van der Waals surface area contributed by atoms with Gasteiger partial charge in [-0.1, -0.05) is 12.1 Å². The van der Waals surface area contributed by atoms with Crippen molar-refractivity contribution in [2.75, 3.05) is 6.54 Å². The Morgan fingerprint density at radius 3 is 2.82 bits per heavy atom. The van der Waals surface area contributed by atoms with Crippen LogP contribution in [0.2, 0.25) is 0 Å². The molecule has 90 valence electrons. The van der Waals surface area contributed by atoms with E-state index in [-0.39, 0.29) is 5.82 Å². The monoisotopic (exact) mass is 238 g/mol. The lowest BCUT2D eigenvalue weighted by molar-refractivity contribution is -0.135. The van der Waals surface area contributed by atoms with Crippen molar-refractivity contribution < 1.29 is 19.1 Å². The average molecular weight is 238 g/mol. The van der Waals surface area contributed by atoms with Gasteiger partial charge in [0.15, 0.2) is 0 Å². The van der Waals surface area contributed by atoms with E-state index in [0.29, 0.717) is 5.56 Å². The summed E-state index contributed by atoms with van der Waals surface area (Å²) in [4.78, 5) is 21.1. The molecular weight excluding hydrogens is 227 g/mol. The number of amides is 2. The summed E-state index contributed by atoms with van der Waals surface area (Å²) in [5.41, 5.74) is 0.587. The highest BCUT2D eigenvalue weighted by Crippen LogP contribution is 2.04. The van der Waals surface area contributed by atoms with E-state index in [2.05, 4.69) is 10.6 Å². The van der Waals surface area contributed by atoms with Gasteiger partial charge in [-0.25, -0.2) is 9.18 Å². The number of carbonyl (C=O) groups is 2. The SMILES string of the molecule is O=C(O)CNC(=O)N/C=C/c1cccc(F)c1. The molecule has 0 aliphatic carbocycles. The second kappa shape index (κ2) is 6.26. The molecule has 0 saturated carbocycles. The van der Waals surface area contributed by atoms with Crippen LogP contribution < -0.4 is 10.6 Å². The Morgan fingerprint density at radius 2 is 2.18 bits per heavy atom. The molecule has 0 spiro atoms. The molecule has 0 bridgehead atoms. The summed E-state index contributed by atoms with van der Waals surface area (Å²) in [5, 5.41) is 12.7. The molecule has 0 radical (unpaired) electrons. The van der Waals surface area contributed by atoms with Gasteiger partial charge in [-0.05, 0) is 23.8 Å². The summed E-state index contributed by atoms with van der Waals surface area (Å²) >= 11 is 0. The van der Waals surface area contributed by atoms with Gasteiger partial charge in [-0.15, -0.1) is 0 Å². The third-order valence-corrected chi connectivity index (χ3v) is 1.74. The Labute approximate surface area is 96.9 Å². The van der Waals surface area contributed by atoms with Crippen molar-refractivity contribution >= 4 is 18.1 Å². The Bertz CT molecular complexity index is 446. The first kappa shape index (κ1) is 12.7. The lowest BCUT2D eigenvalue weighted by Gasteiger charge is -2.00. The normalized spacial score (nSPS) is 10.2. The lowest BCUT2D eigenvalue weighted by Crippen LogP contribution is -2.35. The Balaban J connectivity index is 2.40. The molecule has 0 aliphatic heterocycles. The number of carboxylic acids is 1. The van der Waals surface area contributed by atoms with Crippen LogP contribution >= 0.6 is 0 Å². The van der Waals surface area contributed by atoms with Crippen LogP contribution in [0.15, 0.2) is 30.5 Å². The summed E-state index contributed by atoms with van der Waals surface area (Å²) in [6, 6.07) is 5.17.